The zero-order valence-corrected chi connectivity index (χ0v) is 10.7. The number of nitrogen functional groups attached to an aromatic ring is 1. The van der Waals surface area contributed by atoms with Gasteiger partial charge in [0.1, 0.15) is 12.1 Å². The SMILES string of the molecule is Nc1ncccc1C(=O)N1CCC(/C=C/C=O)CC1. The molecule has 19 heavy (non-hydrogen) atoms. The van der Waals surface area contributed by atoms with Gasteiger partial charge in [-0.25, -0.2) is 4.98 Å². The Morgan fingerprint density at radius 2 is 2.16 bits per heavy atom. The van der Waals surface area contributed by atoms with Crippen molar-refractivity contribution in [2.75, 3.05) is 18.8 Å². The maximum absolute atomic E-state index is 12.3. The molecule has 0 unspecified atom stereocenters. The molecule has 0 spiro atoms. The van der Waals surface area contributed by atoms with Crippen LogP contribution in [0.2, 0.25) is 0 Å². The second-order valence-electron chi connectivity index (χ2n) is 4.59. The summed E-state index contributed by atoms with van der Waals surface area (Å²) in [6, 6.07) is 3.41. The van der Waals surface area contributed by atoms with Crippen LogP contribution in [0.4, 0.5) is 5.82 Å². The molecule has 0 aromatic carbocycles. The van der Waals surface area contributed by atoms with E-state index < -0.39 is 0 Å². The van der Waals surface area contributed by atoms with Gasteiger partial charge >= 0.3 is 0 Å². The maximum atomic E-state index is 12.3. The minimum Gasteiger partial charge on any atom is -0.383 e. The lowest BCUT2D eigenvalue weighted by atomic mass is 9.96. The fourth-order valence-electron chi connectivity index (χ4n) is 2.27. The van der Waals surface area contributed by atoms with Crippen LogP contribution in [0.3, 0.4) is 0 Å². The van der Waals surface area contributed by atoms with Gasteiger partial charge in [-0.1, -0.05) is 6.08 Å². The number of pyridine rings is 1. The number of aldehydes is 1. The zero-order valence-electron chi connectivity index (χ0n) is 10.7. The third kappa shape index (κ3) is 3.19. The number of aromatic nitrogens is 1. The van der Waals surface area contributed by atoms with Crippen molar-refractivity contribution >= 4 is 18.0 Å². The summed E-state index contributed by atoms with van der Waals surface area (Å²) in [5, 5.41) is 0. The first-order valence-electron chi connectivity index (χ1n) is 6.34. The van der Waals surface area contributed by atoms with Gasteiger partial charge in [0.05, 0.1) is 5.56 Å². The molecule has 2 rings (SSSR count). The molecule has 0 radical (unpaired) electrons. The number of nitrogens with zero attached hydrogens (tertiary/aromatic N) is 2. The molecular formula is C14H17N3O2. The number of likely N-dealkylation sites (tertiary alicyclic amines) is 1. The lowest BCUT2D eigenvalue weighted by molar-refractivity contribution is -0.104. The highest BCUT2D eigenvalue weighted by atomic mass is 16.2. The van der Waals surface area contributed by atoms with Gasteiger partial charge in [0.25, 0.3) is 5.91 Å². The Bertz CT molecular complexity index is 491. The van der Waals surface area contributed by atoms with Crippen LogP contribution >= 0.6 is 0 Å². The number of amides is 1. The van der Waals surface area contributed by atoms with Gasteiger partial charge in [-0.3, -0.25) is 9.59 Å². The number of carbonyl (C=O) groups is 2. The molecule has 100 valence electrons. The van der Waals surface area contributed by atoms with E-state index in [1.807, 2.05) is 6.08 Å². The molecule has 1 aromatic rings. The molecule has 5 nitrogen and oxygen atoms in total. The van der Waals surface area contributed by atoms with Crippen LogP contribution in [0.25, 0.3) is 0 Å². The van der Waals surface area contributed by atoms with E-state index in [0.717, 1.165) is 19.1 Å². The Morgan fingerprint density at radius 1 is 1.42 bits per heavy atom. The van der Waals surface area contributed by atoms with Crippen molar-refractivity contribution < 1.29 is 9.59 Å². The lowest BCUT2D eigenvalue weighted by Gasteiger charge is -2.30. The van der Waals surface area contributed by atoms with Crippen molar-refractivity contribution in [3.05, 3.63) is 36.0 Å². The second kappa shape index (κ2) is 6.13. The van der Waals surface area contributed by atoms with Crippen LogP contribution in [0, 0.1) is 5.92 Å². The number of hydrogen-bond acceptors (Lipinski definition) is 4. The molecule has 1 aromatic heterocycles. The molecule has 5 heteroatoms. The van der Waals surface area contributed by atoms with Crippen LogP contribution in [0.1, 0.15) is 23.2 Å². The largest absolute Gasteiger partial charge is 0.383 e. The third-order valence-corrected chi connectivity index (χ3v) is 3.36. The number of anilines is 1. The summed E-state index contributed by atoms with van der Waals surface area (Å²) in [5.41, 5.74) is 6.17. The topological polar surface area (TPSA) is 76.3 Å². The van der Waals surface area contributed by atoms with Crippen LogP contribution in [-0.4, -0.2) is 35.2 Å². The van der Waals surface area contributed by atoms with Gasteiger partial charge in [-0.2, -0.15) is 0 Å². The summed E-state index contributed by atoms with van der Waals surface area (Å²) in [6.07, 6.45) is 7.54. The van der Waals surface area contributed by atoms with Crippen molar-refractivity contribution in [2.24, 2.45) is 5.92 Å². The number of nitrogens with two attached hydrogens (primary N) is 1. The molecule has 1 saturated heterocycles. The molecule has 0 aliphatic carbocycles. The molecule has 1 aliphatic rings. The molecule has 2 N–H and O–H groups in total. The normalized spacial score (nSPS) is 16.7. The van der Waals surface area contributed by atoms with E-state index in [1.165, 1.54) is 6.08 Å². The molecule has 0 saturated carbocycles. The Labute approximate surface area is 112 Å². The Morgan fingerprint density at radius 3 is 2.79 bits per heavy atom. The Balaban J connectivity index is 1.98. The predicted octanol–water partition coefficient (Wildman–Crippen LogP) is 1.27. The van der Waals surface area contributed by atoms with Crippen molar-refractivity contribution in [3.63, 3.8) is 0 Å². The fraction of sp³-hybridized carbons (Fsp3) is 0.357. The minimum atomic E-state index is -0.0663. The Kier molecular flexibility index (Phi) is 4.28. The first kappa shape index (κ1) is 13.3. The minimum absolute atomic E-state index is 0.0663. The molecule has 0 atom stereocenters. The fourth-order valence-corrected chi connectivity index (χ4v) is 2.27. The first-order chi connectivity index (χ1) is 9.22. The molecule has 1 aliphatic heterocycles. The quantitative estimate of drug-likeness (QED) is 0.655. The number of hydrogen-bond donors (Lipinski definition) is 1. The highest BCUT2D eigenvalue weighted by Gasteiger charge is 2.23. The average Bonchev–Trinajstić information content (AvgIpc) is 2.45. The van der Waals surface area contributed by atoms with Gasteiger partial charge in [-0.05, 0) is 37.0 Å². The summed E-state index contributed by atoms with van der Waals surface area (Å²) < 4.78 is 0. The van der Waals surface area contributed by atoms with E-state index in [9.17, 15) is 9.59 Å². The Hall–Kier alpha value is -2.17. The van der Waals surface area contributed by atoms with E-state index in [4.69, 9.17) is 5.73 Å². The molecule has 2 heterocycles. The van der Waals surface area contributed by atoms with Crippen LogP contribution in [0.15, 0.2) is 30.5 Å². The van der Waals surface area contributed by atoms with Gasteiger partial charge in [-0.15, -0.1) is 0 Å². The van der Waals surface area contributed by atoms with E-state index in [2.05, 4.69) is 4.98 Å². The molecule has 1 amide bonds. The smallest absolute Gasteiger partial charge is 0.257 e. The van der Waals surface area contributed by atoms with E-state index in [-0.39, 0.29) is 11.7 Å². The summed E-state index contributed by atoms with van der Waals surface area (Å²) >= 11 is 0. The monoisotopic (exact) mass is 259 g/mol. The highest BCUT2D eigenvalue weighted by molar-refractivity contribution is 5.98. The number of rotatable bonds is 3. The molecule has 0 bridgehead atoms. The van der Waals surface area contributed by atoms with Crippen molar-refractivity contribution in [2.45, 2.75) is 12.8 Å². The summed E-state index contributed by atoms with van der Waals surface area (Å²) in [6.45, 7) is 1.36. The van der Waals surface area contributed by atoms with Gasteiger partial charge < -0.3 is 10.6 Å². The molecular weight excluding hydrogens is 242 g/mol. The van der Waals surface area contributed by atoms with E-state index in [1.54, 1.807) is 23.2 Å². The van der Waals surface area contributed by atoms with Crippen molar-refractivity contribution in [1.29, 1.82) is 0 Å². The van der Waals surface area contributed by atoms with Crippen molar-refractivity contribution in [3.8, 4) is 0 Å². The van der Waals surface area contributed by atoms with Gasteiger partial charge in [0, 0.05) is 19.3 Å². The van der Waals surface area contributed by atoms with Crippen LogP contribution in [-0.2, 0) is 4.79 Å². The summed E-state index contributed by atoms with van der Waals surface area (Å²) in [5.74, 6) is 0.583. The van der Waals surface area contributed by atoms with Gasteiger partial charge in [0.15, 0.2) is 0 Å². The highest BCUT2D eigenvalue weighted by Crippen LogP contribution is 2.21. The standard InChI is InChI=1S/C14H17N3O2/c15-13-12(4-1-7-16-13)14(19)17-8-5-11(6-9-17)3-2-10-18/h1-4,7,10-11H,5-6,8-9H2,(H2,15,16)/b3-2+. The van der Waals surface area contributed by atoms with Gasteiger partial charge in [0.2, 0.25) is 0 Å². The summed E-state index contributed by atoms with van der Waals surface area (Å²) in [4.78, 5) is 28.3. The van der Waals surface area contributed by atoms with Crippen LogP contribution in [0.5, 0.6) is 0 Å². The lowest BCUT2D eigenvalue weighted by Crippen LogP contribution is -2.38. The van der Waals surface area contributed by atoms with Crippen LogP contribution < -0.4 is 5.73 Å². The van der Waals surface area contributed by atoms with E-state index in [0.29, 0.717) is 24.6 Å². The average molecular weight is 259 g/mol. The van der Waals surface area contributed by atoms with E-state index >= 15 is 0 Å². The van der Waals surface area contributed by atoms with Crippen molar-refractivity contribution in [1.82, 2.24) is 9.88 Å². The predicted molar refractivity (Wildman–Crippen MR) is 72.5 cm³/mol. The number of carbonyl (C=O) groups excluding carboxylic acids is 2. The molecule has 1 fully saturated rings. The zero-order chi connectivity index (χ0) is 13.7. The summed E-state index contributed by atoms with van der Waals surface area (Å²) in [7, 11) is 0. The second-order valence-corrected chi connectivity index (χ2v) is 4.59. The first-order valence-corrected chi connectivity index (χ1v) is 6.34. The third-order valence-electron chi connectivity index (χ3n) is 3.36. The maximum Gasteiger partial charge on any atom is 0.257 e. The number of allylic oxidation sites excluding steroid dienone is 2. The number of piperidine rings is 1.